The number of anilines is 2. The lowest BCUT2D eigenvalue weighted by Crippen LogP contribution is -2.25. The van der Waals surface area contributed by atoms with Gasteiger partial charge < -0.3 is 10.1 Å². The second kappa shape index (κ2) is 10.2. The summed E-state index contributed by atoms with van der Waals surface area (Å²) < 4.78 is 6.49. The highest BCUT2D eigenvalue weighted by Gasteiger charge is 2.16. The molecule has 3 aromatic carbocycles. The van der Waals surface area contributed by atoms with Gasteiger partial charge in [0.1, 0.15) is 0 Å². The summed E-state index contributed by atoms with van der Waals surface area (Å²) in [7, 11) is 2.94. The van der Waals surface area contributed by atoms with Gasteiger partial charge in [-0.1, -0.05) is 41.9 Å². The Balaban J connectivity index is 1.55. The molecular formula is C26H23ClN4O3. The van der Waals surface area contributed by atoms with Crippen molar-refractivity contribution < 1.29 is 14.3 Å². The summed E-state index contributed by atoms with van der Waals surface area (Å²) in [4.78, 5) is 25.9. The summed E-state index contributed by atoms with van der Waals surface area (Å²) in [6.07, 6.45) is 1.53. The number of carbonyl (C=O) groups is 2. The summed E-state index contributed by atoms with van der Waals surface area (Å²) in [6.45, 7) is 0. The number of ether oxygens (including phenoxy) is 1. The van der Waals surface area contributed by atoms with Gasteiger partial charge in [-0.3, -0.25) is 9.69 Å². The minimum atomic E-state index is -0.470. The van der Waals surface area contributed by atoms with Gasteiger partial charge in [0.2, 0.25) is 5.91 Å². The van der Waals surface area contributed by atoms with Gasteiger partial charge in [0.15, 0.2) is 0 Å². The quantitative estimate of drug-likeness (QED) is 0.396. The molecule has 0 spiro atoms. The predicted molar refractivity (Wildman–Crippen MR) is 134 cm³/mol. The molecule has 1 aromatic heterocycles. The smallest absolute Gasteiger partial charge is 0.413 e. The van der Waals surface area contributed by atoms with Gasteiger partial charge in [0.25, 0.3) is 0 Å². The predicted octanol–water partition coefficient (Wildman–Crippen LogP) is 5.58. The average Bonchev–Trinajstić information content (AvgIpc) is 3.28. The SMILES string of the molecule is COC(=O)N(C)c1ccc(NC(=O)Cc2cn(-c3ccccc3)nc2-c2ccc(Cl)cc2)cc1. The lowest BCUT2D eigenvalue weighted by Gasteiger charge is -2.16. The monoisotopic (exact) mass is 474 g/mol. The van der Waals surface area contributed by atoms with Gasteiger partial charge in [-0.15, -0.1) is 0 Å². The number of hydrogen-bond donors (Lipinski definition) is 1. The van der Waals surface area contributed by atoms with Crippen molar-refractivity contribution >= 4 is 35.0 Å². The van der Waals surface area contributed by atoms with E-state index in [-0.39, 0.29) is 12.3 Å². The lowest BCUT2D eigenvalue weighted by molar-refractivity contribution is -0.115. The number of carbonyl (C=O) groups excluding carboxylic acids is 2. The van der Waals surface area contributed by atoms with Crippen molar-refractivity contribution in [1.82, 2.24) is 9.78 Å². The molecule has 1 N–H and O–H groups in total. The third-order valence-corrected chi connectivity index (χ3v) is 5.52. The largest absolute Gasteiger partial charge is 0.452 e. The minimum absolute atomic E-state index is 0.134. The molecule has 0 bridgehead atoms. The number of benzene rings is 3. The van der Waals surface area contributed by atoms with E-state index in [2.05, 4.69) is 5.32 Å². The van der Waals surface area contributed by atoms with Crippen molar-refractivity contribution in [2.75, 3.05) is 24.4 Å². The maximum atomic E-state index is 12.9. The van der Waals surface area contributed by atoms with Crippen LogP contribution in [0.1, 0.15) is 5.56 Å². The molecule has 172 valence electrons. The first-order valence-electron chi connectivity index (χ1n) is 10.6. The highest BCUT2D eigenvalue weighted by Crippen LogP contribution is 2.26. The van der Waals surface area contributed by atoms with Gasteiger partial charge in [-0.05, 0) is 48.5 Å². The summed E-state index contributed by atoms with van der Waals surface area (Å²) in [5.41, 5.74) is 4.54. The molecule has 0 unspecified atom stereocenters. The zero-order valence-electron chi connectivity index (χ0n) is 18.7. The average molecular weight is 475 g/mol. The first-order chi connectivity index (χ1) is 16.4. The number of aromatic nitrogens is 2. The van der Waals surface area contributed by atoms with E-state index in [1.165, 1.54) is 12.0 Å². The van der Waals surface area contributed by atoms with E-state index in [1.807, 2.05) is 48.7 Å². The topological polar surface area (TPSA) is 76.5 Å². The van der Waals surface area contributed by atoms with Crippen LogP contribution in [-0.4, -0.2) is 35.9 Å². The van der Waals surface area contributed by atoms with Crippen LogP contribution < -0.4 is 10.2 Å². The van der Waals surface area contributed by atoms with Gasteiger partial charge in [-0.25, -0.2) is 9.48 Å². The Labute approximate surface area is 202 Å². The lowest BCUT2D eigenvalue weighted by atomic mass is 10.1. The van der Waals surface area contributed by atoms with Crippen molar-refractivity contribution in [3.63, 3.8) is 0 Å². The number of halogens is 1. The van der Waals surface area contributed by atoms with Crippen molar-refractivity contribution in [3.8, 4) is 16.9 Å². The molecule has 0 aliphatic carbocycles. The molecular weight excluding hydrogens is 452 g/mol. The minimum Gasteiger partial charge on any atom is -0.452 e. The molecule has 0 fully saturated rings. The summed E-state index contributed by atoms with van der Waals surface area (Å²) >= 11 is 6.05. The van der Waals surface area contributed by atoms with Gasteiger partial charge in [0.05, 0.1) is 24.9 Å². The van der Waals surface area contributed by atoms with E-state index >= 15 is 0 Å². The van der Waals surface area contributed by atoms with Crippen LogP contribution in [0.4, 0.5) is 16.2 Å². The number of amides is 2. The summed E-state index contributed by atoms with van der Waals surface area (Å²) in [5.74, 6) is -0.183. The van der Waals surface area contributed by atoms with Crippen molar-refractivity contribution in [2.24, 2.45) is 0 Å². The van der Waals surface area contributed by atoms with Gasteiger partial charge in [-0.2, -0.15) is 5.10 Å². The van der Waals surface area contributed by atoms with E-state index in [0.29, 0.717) is 22.1 Å². The van der Waals surface area contributed by atoms with Crippen molar-refractivity contribution in [2.45, 2.75) is 6.42 Å². The van der Waals surface area contributed by atoms with Crippen LogP contribution in [0.5, 0.6) is 0 Å². The van der Waals surface area contributed by atoms with Crippen LogP contribution in [0.15, 0.2) is 85.1 Å². The number of methoxy groups -OCH3 is 1. The first kappa shape index (κ1) is 23.1. The molecule has 0 saturated heterocycles. The maximum Gasteiger partial charge on any atom is 0.413 e. The molecule has 4 aromatic rings. The standard InChI is InChI=1S/C26H23ClN4O3/c1-30(26(33)34-2)22-14-12-21(13-15-22)28-24(32)16-19-17-31(23-6-4-3-5-7-23)29-25(19)18-8-10-20(27)11-9-18/h3-15,17H,16H2,1-2H3,(H,28,32). The van der Waals surface area contributed by atoms with Crippen LogP contribution in [0.25, 0.3) is 16.9 Å². The van der Waals surface area contributed by atoms with Gasteiger partial charge in [0, 0.05) is 40.8 Å². The molecule has 7 nitrogen and oxygen atoms in total. The third-order valence-electron chi connectivity index (χ3n) is 5.27. The van der Waals surface area contributed by atoms with Crippen molar-refractivity contribution in [1.29, 1.82) is 0 Å². The number of nitrogens with one attached hydrogen (secondary N) is 1. The second-order valence-corrected chi connectivity index (χ2v) is 8.03. The Morgan fingerprint density at radius 1 is 1.00 bits per heavy atom. The molecule has 2 amide bonds. The van der Waals surface area contributed by atoms with Crippen LogP contribution >= 0.6 is 11.6 Å². The Kier molecular flexibility index (Phi) is 6.94. The second-order valence-electron chi connectivity index (χ2n) is 7.59. The fourth-order valence-electron chi connectivity index (χ4n) is 3.49. The zero-order chi connectivity index (χ0) is 24.1. The Bertz CT molecular complexity index is 1290. The summed E-state index contributed by atoms with van der Waals surface area (Å²) in [5, 5.41) is 8.28. The van der Waals surface area contributed by atoms with Crippen LogP contribution in [-0.2, 0) is 16.0 Å². The molecule has 0 saturated carbocycles. The Hall–Kier alpha value is -4.10. The molecule has 4 rings (SSSR count). The molecule has 0 atom stereocenters. The number of rotatable bonds is 6. The highest BCUT2D eigenvalue weighted by atomic mass is 35.5. The van der Waals surface area contributed by atoms with E-state index in [9.17, 15) is 9.59 Å². The van der Waals surface area contributed by atoms with E-state index < -0.39 is 6.09 Å². The Morgan fingerprint density at radius 2 is 1.68 bits per heavy atom. The normalized spacial score (nSPS) is 10.6. The molecule has 0 aliphatic heterocycles. The maximum absolute atomic E-state index is 12.9. The fourth-order valence-corrected chi connectivity index (χ4v) is 3.62. The Morgan fingerprint density at radius 3 is 2.32 bits per heavy atom. The summed E-state index contributed by atoms with van der Waals surface area (Å²) in [6, 6.07) is 24.0. The highest BCUT2D eigenvalue weighted by molar-refractivity contribution is 6.30. The van der Waals surface area contributed by atoms with E-state index in [1.54, 1.807) is 48.1 Å². The zero-order valence-corrected chi connectivity index (χ0v) is 19.5. The first-order valence-corrected chi connectivity index (χ1v) is 10.9. The van der Waals surface area contributed by atoms with Crippen LogP contribution in [0.3, 0.4) is 0 Å². The molecule has 0 radical (unpaired) electrons. The number of nitrogens with zero attached hydrogens (tertiary/aromatic N) is 3. The number of para-hydroxylation sites is 1. The van der Waals surface area contributed by atoms with Crippen LogP contribution in [0.2, 0.25) is 5.02 Å². The molecule has 34 heavy (non-hydrogen) atoms. The van der Waals surface area contributed by atoms with E-state index in [0.717, 1.165) is 16.8 Å². The number of hydrogen-bond acceptors (Lipinski definition) is 4. The third kappa shape index (κ3) is 5.27. The molecule has 0 aliphatic rings. The molecule has 8 heteroatoms. The van der Waals surface area contributed by atoms with Crippen LogP contribution in [0, 0.1) is 0 Å². The molecule has 1 heterocycles. The van der Waals surface area contributed by atoms with Crippen molar-refractivity contribution in [3.05, 3.63) is 95.6 Å². The van der Waals surface area contributed by atoms with Gasteiger partial charge >= 0.3 is 6.09 Å². The van der Waals surface area contributed by atoms with E-state index in [4.69, 9.17) is 21.4 Å². The fraction of sp³-hybridized carbons (Fsp3) is 0.115.